The van der Waals surface area contributed by atoms with E-state index >= 15 is 0 Å². The number of benzene rings is 1. The van der Waals surface area contributed by atoms with Crippen LogP contribution in [0.1, 0.15) is 46.0 Å². The van der Waals surface area contributed by atoms with Gasteiger partial charge >= 0.3 is 0 Å². The molecule has 5 nitrogen and oxygen atoms in total. The predicted molar refractivity (Wildman–Crippen MR) is 90.7 cm³/mol. The van der Waals surface area contributed by atoms with E-state index in [1.54, 1.807) is 27.9 Å². The number of aryl methyl sites for hydroxylation is 1. The van der Waals surface area contributed by atoms with Crippen LogP contribution in [0.4, 0.5) is 5.69 Å². The third-order valence-corrected chi connectivity index (χ3v) is 3.91. The summed E-state index contributed by atoms with van der Waals surface area (Å²) in [6.45, 7) is 6.90. The van der Waals surface area contributed by atoms with E-state index in [0.29, 0.717) is 22.6 Å². The molecule has 1 aromatic carbocycles. The maximum atomic E-state index is 12.7. The molecule has 0 aliphatic rings. The number of nitrogens with one attached hydrogen (secondary N) is 2. The first kappa shape index (κ1) is 16.8. The summed E-state index contributed by atoms with van der Waals surface area (Å²) >= 11 is 0. The lowest BCUT2D eigenvalue weighted by atomic mass is 10.0. The van der Waals surface area contributed by atoms with E-state index in [4.69, 9.17) is 4.74 Å². The lowest BCUT2D eigenvalue weighted by Gasteiger charge is -2.16. The number of H-pyrrole nitrogens is 1. The first-order valence-electron chi connectivity index (χ1n) is 7.50. The van der Waals surface area contributed by atoms with Gasteiger partial charge in [0.1, 0.15) is 5.75 Å². The van der Waals surface area contributed by atoms with E-state index in [0.717, 1.165) is 11.4 Å². The highest BCUT2D eigenvalue weighted by molar-refractivity contribution is 6.05. The van der Waals surface area contributed by atoms with Crippen LogP contribution in [0.3, 0.4) is 0 Å². The standard InChI is InChI=1S/C18H22N2O3/c1-10-16(13(4)21)11(2)20-17(10)18(22)12(3)19-14-8-6-7-9-15(14)23-5/h6-9,12,19-20H,1-5H3/t12-/m0/s1. The van der Waals surface area contributed by atoms with Crippen LogP contribution >= 0.6 is 0 Å². The molecule has 2 aromatic rings. The molecule has 0 aliphatic heterocycles. The first-order chi connectivity index (χ1) is 10.9. The Hall–Kier alpha value is -2.56. The van der Waals surface area contributed by atoms with Crippen LogP contribution in [0.5, 0.6) is 5.75 Å². The van der Waals surface area contributed by atoms with Crippen LogP contribution in [0, 0.1) is 13.8 Å². The number of carbonyl (C=O) groups excluding carboxylic acids is 2. The molecular formula is C18H22N2O3. The second-order valence-electron chi connectivity index (χ2n) is 5.61. The monoisotopic (exact) mass is 314 g/mol. The number of para-hydroxylation sites is 2. The Morgan fingerprint density at radius 2 is 1.87 bits per heavy atom. The van der Waals surface area contributed by atoms with Crippen LogP contribution in [0.2, 0.25) is 0 Å². The van der Waals surface area contributed by atoms with Crippen molar-refractivity contribution < 1.29 is 14.3 Å². The molecule has 2 rings (SSSR count). The molecule has 2 N–H and O–H groups in total. The summed E-state index contributed by atoms with van der Waals surface area (Å²) in [4.78, 5) is 27.5. The normalized spacial score (nSPS) is 11.9. The minimum absolute atomic E-state index is 0.0411. The van der Waals surface area contributed by atoms with Gasteiger partial charge < -0.3 is 15.0 Å². The number of methoxy groups -OCH3 is 1. The molecule has 0 radical (unpaired) electrons. The molecular weight excluding hydrogens is 292 g/mol. The van der Waals surface area contributed by atoms with E-state index in [-0.39, 0.29) is 11.6 Å². The van der Waals surface area contributed by atoms with E-state index in [1.807, 2.05) is 24.3 Å². The van der Waals surface area contributed by atoms with Gasteiger partial charge in [0.2, 0.25) is 5.78 Å². The summed E-state index contributed by atoms with van der Waals surface area (Å²) in [5.41, 5.74) is 3.25. The van der Waals surface area contributed by atoms with Gasteiger partial charge in [-0.1, -0.05) is 12.1 Å². The van der Waals surface area contributed by atoms with Gasteiger partial charge in [-0.15, -0.1) is 0 Å². The Bertz CT molecular complexity index is 747. The zero-order valence-corrected chi connectivity index (χ0v) is 14.1. The maximum Gasteiger partial charge on any atom is 0.201 e. The van der Waals surface area contributed by atoms with Gasteiger partial charge in [0.25, 0.3) is 0 Å². The van der Waals surface area contributed by atoms with Gasteiger partial charge in [-0.3, -0.25) is 9.59 Å². The van der Waals surface area contributed by atoms with E-state index in [9.17, 15) is 9.59 Å². The first-order valence-corrected chi connectivity index (χ1v) is 7.50. The molecule has 5 heteroatoms. The number of hydrogen-bond donors (Lipinski definition) is 2. The van der Waals surface area contributed by atoms with Crippen LogP contribution < -0.4 is 10.1 Å². The van der Waals surface area contributed by atoms with Crippen molar-refractivity contribution in [1.82, 2.24) is 4.98 Å². The fourth-order valence-electron chi connectivity index (χ4n) is 2.80. The van der Waals surface area contributed by atoms with Crippen molar-refractivity contribution in [2.75, 3.05) is 12.4 Å². The minimum atomic E-state index is -0.456. The average Bonchev–Trinajstić information content (AvgIpc) is 2.81. The maximum absolute atomic E-state index is 12.7. The number of anilines is 1. The van der Waals surface area contributed by atoms with Crippen molar-refractivity contribution in [3.05, 3.63) is 46.8 Å². The molecule has 1 atom stereocenters. The number of ketones is 2. The Balaban J connectivity index is 2.27. The fourth-order valence-corrected chi connectivity index (χ4v) is 2.80. The smallest absolute Gasteiger partial charge is 0.201 e. The Morgan fingerprint density at radius 1 is 1.22 bits per heavy atom. The molecule has 122 valence electrons. The lowest BCUT2D eigenvalue weighted by Crippen LogP contribution is -2.27. The number of hydrogen-bond acceptors (Lipinski definition) is 4. The topological polar surface area (TPSA) is 71.2 Å². The van der Waals surface area contributed by atoms with E-state index in [1.165, 1.54) is 6.92 Å². The quantitative estimate of drug-likeness (QED) is 0.800. The van der Waals surface area contributed by atoms with Crippen molar-refractivity contribution in [1.29, 1.82) is 0 Å². The Labute approximate surface area is 136 Å². The molecule has 0 saturated heterocycles. The molecule has 0 aliphatic carbocycles. The molecule has 0 amide bonds. The minimum Gasteiger partial charge on any atom is -0.495 e. The van der Waals surface area contributed by atoms with Crippen LogP contribution in [0.15, 0.2) is 24.3 Å². The summed E-state index contributed by atoms with van der Waals surface area (Å²) < 4.78 is 5.28. The number of ether oxygens (including phenoxy) is 1. The number of carbonyl (C=O) groups is 2. The van der Waals surface area contributed by atoms with Crippen LogP contribution in [0.25, 0.3) is 0 Å². The second-order valence-corrected chi connectivity index (χ2v) is 5.61. The Morgan fingerprint density at radius 3 is 2.43 bits per heavy atom. The van der Waals surface area contributed by atoms with Gasteiger partial charge in [-0.25, -0.2) is 0 Å². The van der Waals surface area contributed by atoms with Crippen molar-refractivity contribution in [3.63, 3.8) is 0 Å². The van der Waals surface area contributed by atoms with Crippen LogP contribution in [-0.4, -0.2) is 29.7 Å². The highest BCUT2D eigenvalue weighted by Gasteiger charge is 2.24. The molecule has 0 saturated carbocycles. The highest BCUT2D eigenvalue weighted by atomic mass is 16.5. The predicted octanol–water partition coefficient (Wildman–Crippen LogP) is 3.53. The average molecular weight is 314 g/mol. The summed E-state index contributed by atoms with van der Waals surface area (Å²) in [5, 5.41) is 3.17. The van der Waals surface area contributed by atoms with Gasteiger partial charge in [0.05, 0.1) is 24.5 Å². The van der Waals surface area contributed by atoms with Gasteiger partial charge in [-0.2, -0.15) is 0 Å². The molecule has 23 heavy (non-hydrogen) atoms. The highest BCUT2D eigenvalue weighted by Crippen LogP contribution is 2.25. The third-order valence-electron chi connectivity index (χ3n) is 3.91. The van der Waals surface area contributed by atoms with Crippen molar-refractivity contribution in [2.45, 2.75) is 33.7 Å². The largest absolute Gasteiger partial charge is 0.495 e. The molecule has 0 spiro atoms. The van der Waals surface area contributed by atoms with Crippen molar-refractivity contribution >= 4 is 17.3 Å². The summed E-state index contributed by atoms with van der Waals surface area (Å²) in [7, 11) is 1.59. The van der Waals surface area contributed by atoms with Crippen LogP contribution in [-0.2, 0) is 0 Å². The van der Waals surface area contributed by atoms with Crippen molar-refractivity contribution in [3.8, 4) is 5.75 Å². The second kappa shape index (κ2) is 6.69. The zero-order valence-electron chi connectivity index (χ0n) is 14.1. The van der Waals surface area contributed by atoms with Crippen molar-refractivity contribution in [2.24, 2.45) is 0 Å². The number of Topliss-reactive ketones (excluding diaryl/α,β-unsaturated/α-hetero) is 2. The third kappa shape index (κ3) is 3.28. The van der Waals surface area contributed by atoms with E-state index < -0.39 is 6.04 Å². The number of aromatic nitrogens is 1. The fraction of sp³-hybridized carbons (Fsp3) is 0.333. The molecule has 0 fully saturated rings. The van der Waals surface area contributed by atoms with Gasteiger partial charge in [0.15, 0.2) is 5.78 Å². The summed E-state index contributed by atoms with van der Waals surface area (Å²) in [6, 6.07) is 6.98. The number of rotatable bonds is 6. The van der Waals surface area contributed by atoms with Gasteiger partial charge in [0, 0.05) is 11.3 Å². The van der Waals surface area contributed by atoms with E-state index in [2.05, 4.69) is 10.3 Å². The molecule has 0 unspecified atom stereocenters. The lowest BCUT2D eigenvalue weighted by molar-refractivity contribution is 0.0970. The van der Waals surface area contributed by atoms with Gasteiger partial charge in [-0.05, 0) is 45.4 Å². The summed E-state index contributed by atoms with van der Waals surface area (Å²) in [5.74, 6) is 0.542. The molecule has 0 bridgehead atoms. The SMILES string of the molecule is COc1ccccc1N[C@@H](C)C(=O)c1[nH]c(C)c(C(C)=O)c1C. The molecule has 1 heterocycles. The summed E-state index contributed by atoms with van der Waals surface area (Å²) in [6.07, 6.45) is 0. The number of aromatic amines is 1. The Kier molecular flexibility index (Phi) is 4.89. The zero-order chi connectivity index (χ0) is 17.1. The molecule has 1 aromatic heterocycles.